The molecular weight excluding hydrogens is 354 g/mol. The molecule has 0 radical (unpaired) electrons. The van der Waals surface area contributed by atoms with Crippen molar-refractivity contribution in [1.29, 1.82) is 0 Å². The molecule has 0 spiro atoms. The summed E-state index contributed by atoms with van der Waals surface area (Å²) in [5.41, 5.74) is 3.49. The van der Waals surface area contributed by atoms with E-state index >= 15 is 0 Å². The SMILES string of the molecule is Cc1nn(-c2ccc(Cl)cc2)c(C)c1CC(=O)N1CCC[C@H](C(=O)O)C1. The number of amides is 1. The Bertz CT molecular complexity index is 829. The molecule has 0 saturated carbocycles. The van der Waals surface area contributed by atoms with Crippen molar-refractivity contribution < 1.29 is 14.7 Å². The number of aromatic nitrogens is 2. The Morgan fingerprint density at radius 1 is 1.27 bits per heavy atom. The first-order valence-electron chi connectivity index (χ1n) is 8.68. The van der Waals surface area contributed by atoms with Crippen LogP contribution in [0.15, 0.2) is 24.3 Å². The number of hydrogen-bond donors (Lipinski definition) is 1. The zero-order valence-electron chi connectivity index (χ0n) is 14.9. The molecule has 3 rings (SSSR count). The van der Waals surface area contributed by atoms with E-state index in [1.165, 1.54) is 0 Å². The molecule has 1 amide bonds. The highest BCUT2D eigenvalue weighted by molar-refractivity contribution is 6.30. The van der Waals surface area contributed by atoms with Crippen LogP contribution in [0.5, 0.6) is 0 Å². The van der Waals surface area contributed by atoms with E-state index in [1.807, 2.05) is 30.7 Å². The lowest BCUT2D eigenvalue weighted by Gasteiger charge is -2.30. The van der Waals surface area contributed by atoms with Crippen molar-refractivity contribution in [1.82, 2.24) is 14.7 Å². The van der Waals surface area contributed by atoms with Gasteiger partial charge in [0, 0.05) is 29.4 Å². The summed E-state index contributed by atoms with van der Waals surface area (Å²) in [4.78, 5) is 25.6. The third-order valence-electron chi connectivity index (χ3n) is 4.96. The van der Waals surface area contributed by atoms with E-state index in [0.29, 0.717) is 18.0 Å². The minimum absolute atomic E-state index is 0.0437. The Hall–Kier alpha value is -2.34. The lowest BCUT2D eigenvalue weighted by atomic mass is 9.97. The number of aliphatic carboxylic acids is 1. The van der Waals surface area contributed by atoms with Gasteiger partial charge in [0.1, 0.15) is 0 Å². The summed E-state index contributed by atoms with van der Waals surface area (Å²) in [6.45, 7) is 4.73. The van der Waals surface area contributed by atoms with E-state index < -0.39 is 11.9 Å². The number of halogens is 1. The van der Waals surface area contributed by atoms with Crippen molar-refractivity contribution in [2.75, 3.05) is 13.1 Å². The number of benzene rings is 1. The van der Waals surface area contributed by atoms with Gasteiger partial charge in [0.05, 0.1) is 23.7 Å². The predicted octanol–water partition coefficient (Wildman–Crippen LogP) is 3.01. The molecule has 1 aliphatic heterocycles. The molecule has 1 aromatic heterocycles. The van der Waals surface area contributed by atoms with Gasteiger partial charge in [-0.2, -0.15) is 5.10 Å². The van der Waals surface area contributed by atoms with Crippen LogP contribution < -0.4 is 0 Å². The molecule has 0 bridgehead atoms. The number of carbonyl (C=O) groups excluding carboxylic acids is 1. The Kier molecular flexibility index (Phi) is 5.32. The fraction of sp³-hybridized carbons (Fsp3) is 0.421. The maximum atomic E-state index is 12.7. The first kappa shape index (κ1) is 18.5. The molecule has 2 aromatic rings. The van der Waals surface area contributed by atoms with Crippen LogP contribution in [-0.2, 0) is 16.0 Å². The van der Waals surface area contributed by atoms with E-state index in [4.69, 9.17) is 11.6 Å². The summed E-state index contributed by atoms with van der Waals surface area (Å²) >= 11 is 5.94. The topological polar surface area (TPSA) is 75.4 Å². The van der Waals surface area contributed by atoms with Gasteiger partial charge in [-0.1, -0.05) is 11.6 Å². The van der Waals surface area contributed by atoms with Crippen LogP contribution in [0.3, 0.4) is 0 Å². The molecule has 6 nitrogen and oxygen atoms in total. The number of likely N-dealkylation sites (tertiary alicyclic amines) is 1. The van der Waals surface area contributed by atoms with Crippen LogP contribution in [-0.4, -0.2) is 44.8 Å². The van der Waals surface area contributed by atoms with E-state index in [9.17, 15) is 14.7 Å². The molecular formula is C19H22ClN3O3. The largest absolute Gasteiger partial charge is 0.481 e. The van der Waals surface area contributed by atoms with Gasteiger partial charge >= 0.3 is 5.97 Å². The molecule has 1 saturated heterocycles. The van der Waals surface area contributed by atoms with Gasteiger partial charge in [-0.3, -0.25) is 9.59 Å². The Morgan fingerprint density at radius 2 is 1.96 bits per heavy atom. The maximum Gasteiger partial charge on any atom is 0.308 e. The summed E-state index contributed by atoms with van der Waals surface area (Å²) in [5, 5.41) is 14.4. The third-order valence-corrected chi connectivity index (χ3v) is 5.22. The number of carboxylic acids is 1. The predicted molar refractivity (Wildman–Crippen MR) is 98.7 cm³/mol. The minimum atomic E-state index is -0.828. The van der Waals surface area contributed by atoms with E-state index in [2.05, 4.69) is 5.10 Å². The maximum absolute atomic E-state index is 12.7. The second-order valence-electron chi connectivity index (χ2n) is 6.73. The molecule has 1 aliphatic rings. The van der Waals surface area contributed by atoms with E-state index in [-0.39, 0.29) is 18.9 Å². The normalized spacial score (nSPS) is 17.3. The smallest absolute Gasteiger partial charge is 0.308 e. The van der Waals surface area contributed by atoms with Crippen LogP contribution >= 0.6 is 11.6 Å². The van der Waals surface area contributed by atoms with Gasteiger partial charge in [0.15, 0.2) is 0 Å². The lowest BCUT2D eigenvalue weighted by molar-refractivity contribution is -0.145. The lowest BCUT2D eigenvalue weighted by Crippen LogP contribution is -2.43. The summed E-state index contributed by atoms with van der Waals surface area (Å²) in [5.74, 6) is -1.34. The van der Waals surface area contributed by atoms with Crippen molar-refractivity contribution in [2.45, 2.75) is 33.1 Å². The fourth-order valence-electron chi connectivity index (χ4n) is 3.43. The van der Waals surface area contributed by atoms with Crippen LogP contribution in [0.1, 0.15) is 29.8 Å². The molecule has 1 fully saturated rings. The number of aryl methyl sites for hydroxylation is 1. The van der Waals surface area contributed by atoms with Crippen molar-refractivity contribution in [2.24, 2.45) is 5.92 Å². The number of rotatable bonds is 4. The molecule has 0 unspecified atom stereocenters. The van der Waals surface area contributed by atoms with Gasteiger partial charge in [-0.15, -0.1) is 0 Å². The summed E-state index contributed by atoms with van der Waals surface area (Å²) < 4.78 is 1.81. The Morgan fingerprint density at radius 3 is 2.62 bits per heavy atom. The second kappa shape index (κ2) is 7.50. The monoisotopic (exact) mass is 375 g/mol. The molecule has 7 heteroatoms. The van der Waals surface area contributed by atoms with E-state index in [1.54, 1.807) is 17.0 Å². The highest BCUT2D eigenvalue weighted by Crippen LogP contribution is 2.22. The van der Waals surface area contributed by atoms with E-state index in [0.717, 1.165) is 29.1 Å². The number of carboxylic acid groups (broad SMARTS) is 1. The highest BCUT2D eigenvalue weighted by Gasteiger charge is 2.29. The number of piperidine rings is 1. The molecule has 0 aliphatic carbocycles. The standard InChI is InChI=1S/C19H22ClN3O3/c1-12-17(10-18(24)22-9-3-4-14(11-22)19(25)26)13(2)23(21-12)16-7-5-15(20)6-8-16/h5-8,14H,3-4,9-11H2,1-2H3,(H,25,26)/t14-/m0/s1. The van der Waals surface area contributed by atoms with Crippen molar-refractivity contribution >= 4 is 23.5 Å². The van der Waals surface area contributed by atoms with Crippen LogP contribution in [0, 0.1) is 19.8 Å². The summed E-state index contributed by atoms with van der Waals surface area (Å²) in [6, 6.07) is 7.38. The third kappa shape index (κ3) is 3.75. The van der Waals surface area contributed by atoms with Gasteiger partial charge in [0.2, 0.25) is 5.91 Å². The zero-order chi connectivity index (χ0) is 18.8. The number of nitrogens with zero attached hydrogens (tertiary/aromatic N) is 3. The van der Waals surface area contributed by atoms with Crippen LogP contribution in [0.2, 0.25) is 5.02 Å². The average molecular weight is 376 g/mol. The van der Waals surface area contributed by atoms with Gasteiger partial charge in [0.25, 0.3) is 0 Å². The molecule has 1 aromatic carbocycles. The molecule has 26 heavy (non-hydrogen) atoms. The van der Waals surface area contributed by atoms with Gasteiger partial charge in [-0.25, -0.2) is 4.68 Å². The van der Waals surface area contributed by atoms with Gasteiger partial charge < -0.3 is 10.0 Å². The number of carbonyl (C=O) groups is 2. The zero-order valence-corrected chi connectivity index (χ0v) is 15.7. The first-order chi connectivity index (χ1) is 12.4. The Labute approximate surface area is 157 Å². The quantitative estimate of drug-likeness (QED) is 0.891. The minimum Gasteiger partial charge on any atom is -0.481 e. The highest BCUT2D eigenvalue weighted by atomic mass is 35.5. The van der Waals surface area contributed by atoms with Crippen LogP contribution in [0.25, 0.3) is 5.69 Å². The molecule has 138 valence electrons. The first-order valence-corrected chi connectivity index (χ1v) is 9.06. The molecule has 2 heterocycles. The molecule has 1 atom stereocenters. The fourth-order valence-corrected chi connectivity index (χ4v) is 3.56. The summed E-state index contributed by atoms with van der Waals surface area (Å²) in [7, 11) is 0. The molecule has 1 N–H and O–H groups in total. The van der Waals surface area contributed by atoms with Crippen molar-refractivity contribution in [3.8, 4) is 5.69 Å². The average Bonchev–Trinajstić information content (AvgIpc) is 2.90. The van der Waals surface area contributed by atoms with Crippen molar-refractivity contribution in [3.05, 3.63) is 46.2 Å². The summed E-state index contributed by atoms with van der Waals surface area (Å²) in [6.07, 6.45) is 1.59. The number of hydrogen-bond acceptors (Lipinski definition) is 3. The Balaban J connectivity index is 1.78. The van der Waals surface area contributed by atoms with Crippen LogP contribution in [0.4, 0.5) is 0 Å². The second-order valence-corrected chi connectivity index (χ2v) is 7.17. The van der Waals surface area contributed by atoms with Crippen molar-refractivity contribution in [3.63, 3.8) is 0 Å². The van der Waals surface area contributed by atoms with Gasteiger partial charge in [-0.05, 0) is 51.0 Å².